The number of amides is 1. The van der Waals surface area contributed by atoms with E-state index in [1.165, 1.54) is 13.8 Å². The summed E-state index contributed by atoms with van der Waals surface area (Å²) in [4.78, 5) is 35.1. The second kappa shape index (κ2) is 7.77. The summed E-state index contributed by atoms with van der Waals surface area (Å²) in [7, 11) is -3.05. The predicted octanol–water partition coefficient (Wildman–Crippen LogP) is 1.58. The molecule has 1 heterocycles. The van der Waals surface area contributed by atoms with Crippen molar-refractivity contribution in [2.24, 2.45) is 5.92 Å². The van der Waals surface area contributed by atoms with E-state index in [4.69, 9.17) is 4.74 Å². The van der Waals surface area contributed by atoms with Crippen LogP contribution in [0.25, 0.3) is 0 Å². The molecule has 0 aliphatic carbocycles. The molecule has 0 aromatic heterocycles. The summed E-state index contributed by atoms with van der Waals surface area (Å²) in [5, 5.41) is 2.60. The van der Waals surface area contributed by atoms with Crippen LogP contribution in [-0.2, 0) is 24.2 Å². The van der Waals surface area contributed by atoms with E-state index in [2.05, 4.69) is 5.32 Å². The van der Waals surface area contributed by atoms with Crippen LogP contribution in [0, 0.1) is 5.92 Å². The number of nitrogens with one attached hydrogen (secondary N) is 1. The Morgan fingerprint density at radius 3 is 2.40 bits per heavy atom. The number of hydrogen-bond donors (Lipinski definition) is 1. The number of ether oxygens (including phenoxy) is 1. The normalized spacial score (nSPS) is 19.8. The van der Waals surface area contributed by atoms with Crippen LogP contribution >= 0.6 is 0 Å². The van der Waals surface area contributed by atoms with Crippen molar-refractivity contribution in [2.75, 3.05) is 16.8 Å². The first-order valence-corrected chi connectivity index (χ1v) is 9.80. The van der Waals surface area contributed by atoms with Crippen LogP contribution in [0.5, 0.6) is 0 Å². The quantitative estimate of drug-likeness (QED) is 0.604. The van der Waals surface area contributed by atoms with Crippen LogP contribution in [0.3, 0.4) is 0 Å². The topological polar surface area (TPSA) is 107 Å². The highest BCUT2D eigenvalue weighted by Gasteiger charge is 2.30. The highest BCUT2D eigenvalue weighted by atomic mass is 32.2. The number of anilines is 1. The number of carbonyl (C=O) groups is 3. The molecular weight excluding hydrogens is 346 g/mol. The molecule has 1 amide bonds. The summed E-state index contributed by atoms with van der Waals surface area (Å²) in [6.45, 7) is 2.90. The molecule has 1 aliphatic rings. The minimum absolute atomic E-state index is 0.00876. The summed E-state index contributed by atoms with van der Waals surface area (Å²) < 4.78 is 27.8. The first kappa shape index (κ1) is 19.1. The number of benzene rings is 1. The van der Waals surface area contributed by atoms with Crippen molar-refractivity contribution < 1.29 is 27.5 Å². The Balaban J connectivity index is 1.83. The minimum atomic E-state index is -3.05. The van der Waals surface area contributed by atoms with Gasteiger partial charge in [-0.25, -0.2) is 8.42 Å². The van der Waals surface area contributed by atoms with E-state index in [1.54, 1.807) is 24.3 Å². The molecule has 0 bridgehead atoms. The zero-order chi connectivity index (χ0) is 18.6. The highest BCUT2D eigenvalue weighted by Crippen LogP contribution is 2.22. The Kier molecular flexibility index (Phi) is 5.94. The van der Waals surface area contributed by atoms with Crippen LogP contribution in [0.1, 0.15) is 37.0 Å². The number of rotatable bonds is 6. The fraction of sp³-hybridized carbons (Fsp3) is 0.471. The van der Waals surface area contributed by atoms with Crippen LogP contribution in [-0.4, -0.2) is 43.7 Å². The maximum Gasteiger partial charge on any atom is 0.306 e. The predicted molar refractivity (Wildman–Crippen MR) is 92.0 cm³/mol. The van der Waals surface area contributed by atoms with Gasteiger partial charge in [-0.1, -0.05) is 0 Å². The number of carbonyl (C=O) groups excluding carboxylic acids is 3. The molecule has 1 aliphatic heterocycles. The Labute approximate surface area is 146 Å². The molecule has 0 unspecified atom stereocenters. The fourth-order valence-corrected chi connectivity index (χ4v) is 4.46. The molecule has 7 nitrogen and oxygen atoms in total. The van der Waals surface area contributed by atoms with E-state index in [1.807, 2.05) is 0 Å². The van der Waals surface area contributed by atoms with E-state index in [0.29, 0.717) is 17.7 Å². The molecule has 2 rings (SSSR count). The van der Waals surface area contributed by atoms with Gasteiger partial charge in [-0.15, -0.1) is 0 Å². The molecule has 1 N–H and O–H groups in total. The fourth-order valence-electron chi connectivity index (χ4n) is 2.60. The zero-order valence-corrected chi connectivity index (χ0v) is 15.0. The average Bonchev–Trinajstić information content (AvgIpc) is 2.86. The van der Waals surface area contributed by atoms with Gasteiger partial charge < -0.3 is 10.1 Å². The van der Waals surface area contributed by atoms with Gasteiger partial charge in [0.15, 0.2) is 21.7 Å². The molecule has 0 saturated carbocycles. The van der Waals surface area contributed by atoms with E-state index < -0.39 is 27.8 Å². The standard InChI is InChI=1S/C17H21NO6S/c1-11(19)14-3-5-15(6-4-14)18-17(21)12(2)24-16(20)9-13-7-8-25(22,23)10-13/h3-6,12-13H,7-10H2,1-2H3,(H,18,21)/t12-,13+/m0/s1. The van der Waals surface area contributed by atoms with Gasteiger partial charge in [-0.3, -0.25) is 14.4 Å². The lowest BCUT2D eigenvalue weighted by Crippen LogP contribution is -2.30. The van der Waals surface area contributed by atoms with Gasteiger partial charge in [-0.2, -0.15) is 0 Å². The molecule has 1 aromatic rings. The molecular formula is C17H21NO6S. The Morgan fingerprint density at radius 2 is 1.88 bits per heavy atom. The Bertz CT molecular complexity index is 769. The highest BCUT2D eigenvalue weighted by molar-refractivity contribution is 7.91. The van der Waals surface area contributed by atoms with E-state index >= 15 is 0 Å². The maximum absolute atomic E-state index is 12.1. The van der Waals surface area contributed by atoms with E-state index in [0.717, 1.165) is 0 Å². The first-order valence-electron chi connectivity index (χ1n) is 7.98. The molecule has 0 spiro atoms. The summed E-state index contributed by atoms with van der Waals surface area (Å²) in [5.41, 5.74) is 1.02. The molecule has 25 heavy (non-hydrogen) atoms. The minimum Gasteiger partial charge on any atom is -0.453 e. The van der Waals surface area contributed by atoms with Crippen LogP contribution in [0.4, 0.5) is 5.69 Å². The van der Waals surface area contributed by atoms with Crippen molar-refractivity contribution in [3.05, 3.63) is 29.8 Å². The number of esters is 1. The monoisotopic (exact) mass is 367 g/mol. The van der Waals surface area contributed by atoms with Crippen molar-refractivity contribution in [2.45, 2.75) is 32.8 Å². The number of Topliss-reactive ketones (excluding diaryl/α,β-unsaturated/α-hetero) is 1. The van der Waals surface area contributed by atoms with Gasteiger partial charge in [0.2, 0.25) is 0 Å². The number of hydrogen-bond acceptors (Lipinski definition) is 6. The second-order valence-corrected chi connectivity index (χ2v) is 8.46. The SMILES string of the molecule is CC(=O)c1ccc(NC(=O)[C@H](C)OC(=O)C[C@H]2CCS(=O)(=O)C2)cc1. The lowest BCUT2D eigenvalue weighted by atomic mass is 10.1. The largest absolute Gasteiger partial charge is 0.453 e. The van der Waals surface area contributed by atoms with E-state index in [9.17, 15) is 22.8 Å². The summed E-state index contributed by atoms with van der Waals surface area (Å²) in [6, 6.07) is 6.36. The second-order valence-electron chi connectivity index (χ2n) is 6.23. The molecule has 1 saturated heterocycles. The van der Waals surface area contributed by atoms with E-state index in [-0.39, 0.29) is 29.6 Å². The van der Waals surface area contributed by atoms with Gasteiger partial charge >= 0.3 is 5.97 Å². The number of sulfone groups is 1. The van der Waals surface area contributed by atoms with Crippen molar-refractivity contribution in [1.29, 1.82) is 0 Å². The third-order valence-electron chi connectivity index (χ3n) is 4.02. The Morgan fingerprint density at radius 1 is 1.24 bits per heavy atom. The Hall–Kier alpha value is -2.22. The van der Waals surface area contributed by atoms with Crippen LogP contribution < -0.4 is 5.32 Å². The van der Waals surface area contributed by atoms with Gasteiger partial charge in [0.1, 0.15) is 0 Å². The lowest BCUT2D eigenvalue weighted by molar-refractivity contribution is -0.153. The lowest BCUT2D eigenvalue weighted by Gasteiger charge is -2.15. The molecule has 1 fully saturated rings. The summed E-state index contributed by atoms with van der Waals surface area (Å²) in [5.74, 6) is -1.32. The molecule has 0 radical (unpaired) electrons. The maximum atomic E-state index is 12.1. The van der Waals surface area contributed by atoms with Crippen molar-refractivity contribution >= 4 is 33.2 Å². The molecule has 136 valence electrons. The van der Waals surface area contributed by atoms with Crippen molar-refractivity contribution in [3.63, 3.8) is 0 Å². The molecule has 2 atom stereocenters. The van der Waals surface area contributed by atoms with Crippen molar-refractivity contribution in [1.82, 2.24) is 0 Å². The third-order valence-corrected chi connectivity index (χ3v) is 5.86. The van der Waals surface area contributed by atoms with Gasteiger partial charge in [-0.05, 0) is 50.5 Å². The zero-order valence-electron chi connectivity index (χ0n) is 14.2. The summed E-state index contributed by atoms with van der Waals surface area (Å²) in [6.07, 6.45) is -0.567. The van der Waals surface area contributed by atoms with Crippen LogP contribution in [0.2, 0.25) is 0 Å². The first-order chi connectivity index (χ1) is 11.7. The third kappa shape index (κ3) is 5.67. The number of ketones is 1. The van der Waals surface area contributed by atoms with Gasteiger partial charge in [0, 0.05) is 17.7 Å². The van der Waals surface area contributed by atoms with Gasteiger partial charge in [0.25, 0.3) is 5.91 Å². The van der Waals surface area contributed by atoms with Crippen LogP contribution in [0.15, 0.2) is 24.3 Å². The summed E-state index contributed by atoms with van der Waals surface area (Å²) >= 11 is 0. The van der Waals surface area contributed by atoms with Gasteiger partial charge in [0.05, 0.1) is 11.5 Å². The molecule has 8 heteroatoms. The van der Waals surface area contributed by atoms with Crippen molar-refractivity contribution in [3.8, 4) is 0 Å². The molecule has 1 aromatic carbocycles. The average molecular weight is 367 g/mol. The smallest absolute Gasteiger partial charge is 0.306 e.